The second-order valence-corrected chi connectivity index (χ2v) is 4.61. The highest BCUT2D eigenvalue weighted by molar-refractivity contribution is 5.62. The molecule has 0 aliphatic carbocycles. The summed E-state index contributed by atoms with van der Waals surface area (Å²) in [7, 11) is 0. The highest BCUT2D eigenvalue weighted by Gasteiger charge is 2.29. The number of fused-ring (bicyclic) bond motifs is 3. The number of nitrogens with zero attached hydrogens (tertiary/aromatic N) is 2. The lowest BCUT2D eigenvalue weighted by Crippen LogP contribution is -2.29. The molecule has 1 aliphatic rings. The van der Waals surface area contributed by atoms with Crippen LogP contribution < -0.4 is 4.57 Å². The number of para-hydroxylation sites is 1. The van der Waals surface area contributed by atoms with Gasteiger partial charge in [0.1, 0.15) is 24.6 Å². The van der Waals surface area contributed by atoms with E-state index in [9.17, 15) is 0 Å². The maximum absolute atomic E-state index is 2.30. The molecule has 0 amide bonds. The Balaban J connectivity index is 1.97. The minimum absolute atomic E-state index is 0.978. The summed E-state index contributed by atoms with van der Waals surface area (Å²) in [6.45, 7) is 0.978. The first-order valence-corrected chi connectivity index (χ1v) is 6.18. The molecule has 18 heavy (non-hydrogen) atoms. The summed E-state index contributed by atoms with van der Waals surface area (Å²) < 4.78 is 4.56. The molecule has 2 nitrogen and oxygen atoms in total. The van der Waals surface area contributed by atoms with Crippen molar-refractivity contribution >= 4 is 0 Å². The third kappa shape index (κ3) is 1.26. The van der Waals surface area contributed by atoms with Crippen LogP contribution in [-0.4, -0.2) is 4.57 Å². The molecule has 4 rings (SSSR count). The number of rotatable bonds is 1. The molecule has 0 saturated heterocycles. The van der Waals surface area contributed by atoms with Crippen LogP contribution in [0.15, 0.2) is 67.0 Å². The van der Waals surface area contributed by atoms with Gasteiger partial charge in [0.15, 0.2) is 0 Å². The topological polar surface area (TPSA) is 8.81 Å². The molecule has 0 atom stereocenters. The van der Waals surface area contributed by atoms with Crippen molar-refractivity contribution in [2.75, 3.05) is 0 Å². The van der Waals surface area contributed by atoms with Crippen LogP contribution in [0.4, 0.5) is 0 Å². The van der Waals surface area contributed by atoms with Crippen LogP contribution in [0.5, 0.6) is 0 Å². The Morgan fingerprint density at radius 1 is 0.889 bits per heavy atom. The molecular weight excluding hydrogens is 220 g/mol. The Kier molecular flexibility index (Phi) is 1.92. The van der Waals surface area contributed by atoms with Crippen molar-refractivity contribution in [3.63, 3.8) is 0 Å². The maximum Gasteiger partial charge on any atom is 0.294 e. The standard InChI is InChI=1S/C16H13N2/c1-2-7-14(8-3-1)18-11-10-17-12-13-6-4-5-9-15(13)16(17)18/h1-11H,12H2/q+1. The fourth-order valence-electron chi connectivity index (χ4n) is 2.70. The molecule has 2 heterocycles. The van der Waals surface area contributed by atoms with Gasteiger partial charge in [-0.3, -0.25) is 0 Å². The highest BCUT2D eigenvalue weighted by Crippen LogP contribution is 2.28. The van der Waals surface area contributed by atoms with Gasteiger partial charge in [-0.2, -0.15) is 4.57 Å². The van der Waals surface area contributed by atoms with Crippen LogP contribution in [-0.2, 0) is 6.54 Å². The predicted octanol–water partition coefficient (Wildman–Crippen LogP) is 2.79. The molecule has 2 aromatic carbocycles. The van der Waals surface area contributed by atoms with Gasteiger partial charge in [-0.25, -0.2) is 4.57 Å². The molecule has 0 saturated carbocycles. The van der Waals surface area contributed by atoms with Gasteiger partial charge < -0.3 is 0 Å². The van der Waals surface area contributed by atoms with Crippen molar-refractivity contribution in [1.29, 1.82) is 0 Å². The van der Waals surface area contributed by atoms with Crippen molar-refractivity contribution in [2.45, 2.75) is 6.54 Å². The quantitative estimate of drug-likeness (QED) is 0.447. The lowest BCUT2D eigenvalue weighted by Gasteiger charge is -1.99. The SMILES string of the molecule is c1ccc(-n2cc[n+]3c2-c2ccccc2C3)cc1. The van der Waals surface area contributed by atoms with Crippen molar-refractivity contribution in [3.05, 3.63) is 72.6 Å². The first kappa shape index (κ1) is 9.66. The van der Waals surface area contributed by atoms with E-state index in [2.05, 4.69) is 70.1 Å². The Bertz CT molecular complexity index is 711. The zero-order valence-corrected chi connectivity index (χ0v) is 9.95. The van der Waals surface area contributed by atoms with Crippen molar-refractivity contribution in [1.82, 2.24) is 4.57 Å². The maximum atomic E-state index is 2.30. The molecule has 1 aliphatic heterocycles. The van der Waals surface area contributed by atoms with Gasteiger partial charge in [-0.1, -0.05) is 36.4 Å². The van der Waals surface area contributed by atoms with Gasteiger partial charge in [-0.15, -0.1) is 0 Å². The molecule has 86 valence electrons. The number of aromatic nitrogens is 2. The van der Waals surface area contributed by atoms with Gasteiger partial charge >= 0.3 is 0 Å². The van der Waals surface area contributed by atoms with Crippen LogP contribution >= 0.6 is 0 Å². The molecule has 0 spiro atoms. The van der Waals surface area contributed by atoms with E-state index in [1.165, 1.54) is 22.6 Å². The Labute approximate surface area is 106 Å². The molecule has 0 radical (unpaired) electrons. The average molecular weight is 233 g/mol. The van der Waals surface area contributed by atoms with Crippen LogP contribution in [0.25, 0.3) is 17.1 Å². The predicted molar refractivity (Wildman–Crippen MR) is 70.5 cm³/mol. The van der Waals surface area contributed by atoms with E-state index >= 15 is 0 Å². The molecule has 1 aromatic heterocycles. The molecule has 0 unspecified atom stereocenters. The fraction of sp³-hybridized carbons (Fsp3) is 0.0625. The zero-order valence-electron chi connectivity index (χ0n) is 9.95. The summed E-state index contributed by atoms with van der Waals surface area (Å²) in [4.78, 5) is 0. The lowest BCUT2D eigenvalue weighted by molar-refractivity contribution is -0.671. The minimum Gasteiger partial charge on any atom is -0.225 e. The minimum atomic E-state index is 0.978. The van der Waals surface area contributed by atoms with Crippen LogP contribution in [0, 0.1) is 0 Å². The molecule has 3 aromatic rings. The molecule has 0 N–H and O–H groups in total. The van der Waals surface area contributed by atoms with E-state index in [4.69, 9.17) is 0 Å². The summed E-state index contributed by atoms with van der Waals surface area (Å²) in [6, 6.07) is 19.1. The van der Waals surface area contributed by atoms with E-state index in [0.29, 0.717) is 0 Å². The smallest absolute Gasteiger partial charge is 0.225 e. The van der Waals surface area contributed by atoms with E-state index in [1.807, 2.05) is 6.07 Å². The summed E-state index contributed by atoms with van der Waals surface area (Å²) >= 11 is 0. The second-order valence-electron chi connectivity index (χ2n) is 4.61. The normalized spacial score (nSPS) is 12.2. The number of hydrogen-bond donors (Lipinski definition) is 0. The summed E-state index contributed by atoms with van der Waals surface area (Å²) in [5.74, 6) is 1.27. The number of hydrogen-bond acceptors (Lipinski definition) is 0. The zero-order chi connectivity index (χ0) is 11.9. The van der Waals surface area contributed by atoms with E-state index in [-0.39, 0.29) is 0 Å². The number of imidazole rings is 1. The van der Waals surface area contributed by atoms with E-state index in [0.717, 1.165) is 6.54 Å². The molecule has 0 bridgehead atoms. The highest BCUT2D eigenvalue weighted by atomic mass is 15.2. The van der Waals surface area contributed by atoms with Crippen LogP contribution in [0.1, 0.15) is 5.56 Å². The Morgan fingerprint density at radius 2 is 1.67 bits per heavy atom. The Morgan fingerprint density at radius 3 is 2.56 bits per heavy atom. The van der Waals surface area contributed by atoms with E-state index in [1.54, 1.807) is 0 Å². The first-order valence-electron chi connectivity index (χ1n) is 6.18. The van der Waals surface area contributed by atoms with Gasteiger partial charge in [0.05, 0.1) is 5.56 Å². The largest absolute Gasteiger partial charge is 0.294 e. The third-order valence-electron chi connectivity index (χ3n) is 3.53. The monoisotopic (exact) mass is 233 g/mol. The van der Waals surface area contributed by atoms with Gasteiger partial charge in [0.2, 0.25) is 0 Å². The van der Waals surface area contributed by atoms with Crippen molar-refractivity contribution < 1.29 is 4.57 Å². The van der Waals surface area contributed by atoms with Crippen molar-refractivity contribution in [2.24, 2.45) is 0 Å². The third-order valence-corrected chi connectivity index (χ3v) is 3.53. The molecular formula is C16H13N2+. The fourth-order valence-corrected chi connectivity index (χ4v) is 2.70. The van der Waals surface area contributed by atoms with Crippen LogP contribution in [0.2, 0.25) is 0 Å². The van der Waals surface area contributed by atoms with E-state index < -0.39 is 0 Å². The summed E-state index contributed by atoms with van der Waals surface area (Å²) in [6.07, 6.45) is 4.29. The lowest BCUT2D eigenvalue weighted by atomic mass is 10.1. The molecule has 2 heteroatoms. The second kappa shape index (κ2) is 3.57. The first-order chi connectivity index (χ1) is 8.93. The van der Waals surface area contributed by atoms with Gasteiger partial charge in [0.25, 0.3) is 5.82 Å². The van der Waals surface area contributed by atoms with Gasteiger partial charge in [0, 0.05) is 5.56 Å². The molecule has 0 fully saturated rings. The average Bonchev–Trinajstić information content (AvgIpc) is 2.98. The summed E-state index contributed by atoms with van der Waals surface area (Å²) in [5.41, 5.74) is 3.95. The van der Waals surface area contributed by atoms with Gasteiger partial charge in [-0.05, 0) is 18.2 Å². The summed E-state index contributed by atoms with van der Waals surface area (Å²) in [5, 5.41) is 0. The van der Waals surface area contributed by atoms with Crippen molar-refractivity contribution in [3.8, 4) is 17.1 Å². The van der Waals surface area contributed by atoms with Crippen LogP contribution in [0.3, 0.4) is 0 Å². The Hall–Kier alpha value is -2.35. The number of benzene rings is 2.